The summed E-state index contributed by atoms with van der Waals surface area (Å²) in [5.41, 5.74) is 1.60. The molecule has 0 bridgehead atoms. The van der Waals surface area contributed by atoms with Crippen LogP contribution in [0.5, 0.6) is 0 Å². The summed E-state index contributed by atoms with van der Waals surface area (Å²) in [6.45, 7) is 1.95. The van der Waals surface area contributed by atoms with Crippen molar-refractivity contribution in [3.63, 3.8) is 0 Å². The molecule has 0 saturated heterocycles. The van der Waals surface area contributed by atoms with Gasteiger partial charge in [0.15, 0.2) is 10.6 Å². The van der Waals surface area contributed by atoms with E-state index in [1.54, 1.807) is 23.5 Å². The van der Waals surface area contributed by atoms with E-state index in [4.69, 9.17) is 11.6 Å². The van der Waals surface area contributed by atoms with Crippen LogP contribution < -0.4 is 0 Å². The third-order valence-corrected chi connectivity index (χ3v) is 4.28. The van der Waals surface area contributed by atoms with Crippen molar-refractivity contribution in [1.29, 1.82) is 0 Å². The Bertz CT molecular complexity index is 524. The molecular weight excluding hydrogens is 262 g/mol. The van der Waals surface area contributed by atoms with E-state index in [0.29, 0.717) is 10.6 Å². The Labute approximate surface area is 107 Å². The predicted molar refractivity (Wildman–Crippen MR) is 67.8 cm³/mol. The molecule has 0 amide bonds. The highest BCUT2D eigenvalue weighted by Gasteiger charge is 2.07. The van der Waals surface area contributed by atoms with Crippen molar-refractivity contribution < 1.29 is 4.79 Å². The lowest BCUT2D eigenvalue weighted by Crippen LogP contribution is -1.84. The largest absolute Gasteiger partial charge is 0.298 e. The maximum atomic E-state index is 10.9. The van der Waals surface area contributed by atoms with Gasteiger partial charge in [-0.25, -0.2) is 4.98 Å². The second kappa shape index (κ2) is 4.99. The molecule has 0 fully saturated rings. The van der Waals surface area contributed by atoms with Crippen LogP contribution in [-0.2, 0) is 0 Å². The molecule has 82 valence electrons. The smallest absolute Gasteiger partial charge is 0.154 e. The number of rotatable bonds is 3. The average Bonchev–Trinajstić information content (AvgIpc) is 2.67. The van der Waals surface area contributed by atoms with E-state index in [9.17, 15) is 4.79 Å². The van der Waals surface area contributed by atoms with Crippen molar-refractivity contribution in [3.8, 4) is 0 Å². The second-order valence-corrected chi connectivity index (χ2v) is 5.74. The third-order valence-electron chi connectivity index (χ3n) is 1.89. The summed E-state index contributed by atoms with van der Waals surface area (Å²) < 4.78 is 0.933. The highest BCUT2D eigenvalue weighted by atomic mass is 35.5. The van der Waals surface area contributed by atoms with Crippen LogP contribution in [0.4, 0.5) is 0 Å². The summed E-state index contributed by atoms with van der Waals surface area (Å²) in [4.78, 5) is 16.1. The summed E-state index contributed by atoms with van der Waals surface area (Å²) in [5.74, 6) is 0. The fourth-order valence-electron chi connectivity index (χ4n) is 1.18. The van der Waals surface area contributed by atoms with Gasteiger partial charge in [0.05, 0.1) is 0 Å². The van der Waals surface area contributed by atoms with Gasteiger partial charge < -0.3 is 0 Å². The number of carbonyl (C=O) groups is 1. The average molecular weight is 270 g/mol. The van der Waals surface area contributed by atoms with Crippen LogP contribution in [0.2, 0.25) is 5.02 Å². The van der Waals surface area contributed by atoms with Crippen molar-refractivity contribution in [2.24, 2.45) is 0 Å². The molecule has 1 aromatic heterocycles. The van der Waals surface area contributed by atoms with Crippen LogP contribution in [0.3, 0.4) is 0 Å². The summed E-state index contributed by atoms with van der Waals surface area (Å²) in [5, 5.41) is 2.56. The van der Waals surface area contributed by atoms with Gasteiger partial charge in [0.25, 0.3) is 0 Å². The number of aryl methyl sites for hydroxylation is 1. The Hall–Kier alpha value is -0.840. The van der Waals surface area contributed by atoms with Gasteiger partial charge in [-0.2, -0.15) is 0 Å². The maximum Gasteiger partial charge on any atom is 0.154 e. The number of aldehydes is 1. The normalized spacial score (nSPS) is 10.4. The summed E-state index contributed by atoms with van der Waals surface area (Å²) in [6.07, 6.45) is 0.814. The Morgan fingerprint density at radius 2 is 2.31 bits per heavy atom. The van der Waals surface area contributed by atoms with E-state index in [1.807, 2.05) is 18.4 Å². The van der Waals surface area contributed by atoms with Crippen molar-refractivity contribution >= 4 is 41.0 Å². The number of halogens is 1. The lowest BCUT2D eigenvalue weighted by molar-refractivity contribution is 0.112. The van der Waals surface area contributed by atoms with Crippen LogP contribution >= 0.6 is 34.7 Å². The number of carbonyl (C=O) groups excluding carboxylic acids is 1. The van der Waals surface area contributed by atoms with Crippen LogP contribution in [-0.4, -0.2) is 11.3 Å². The highest BCUT2D eigenvalue weighted by molar-refractivity contribution is 8.01. The zero-order valence-electron chi connectivity index (χ0n) is 8.44. The van der Waals surface area contributed by atoms with Crippen LogP contribution in [0.25, 0.3) is 0 Å². The van der Waals surface area contributed by atoms with Crippen molar-refractivity contribution in [2.75, 3.05) is 0 Å². The number of thiazole rings is 1. The second-order valence-electron chi connectivity index (χ2n) is 3.16. The molecular formula is C11H8ClNOS2. The minimum atomic E-state index is 0.571. The molecule has 0 aliphatic heterocycles. The Morgan fingerprint density at radius 3 is 2.94 bits per heavy atom. The van der Waals surface area contributed by atoms with Gasteiger partial charge in [-0.1, -0.05) is 23.4 Å². The van der Waals surface area contributed by atoms with E-state index in [0.717, 1.165) is 21.2 Å². The summed E-state index contributed by atoms with van der Waals surface area (Å²) in [6, 6.07) is 5.28. The Morgan fingerprint density at radius 1 is 1.50 bits per heavy atom. The molecule has 0 atom stereocenters. The van der Waals surface area contributed by atoms with Crippen molar-refractivity contribution in [3.05, 3.63) is 39.9 Å². The molecule has 1 heterocycles. The van der Waals surface area contributed by atoms with E-state index < -0.39 is 0 Å². The van der Waals surface area contributed by atoms with E-state index >= 15 is 0 Å². The van der Waals surface area contributed by atoms with Crippen LogP contribution in [0.15, 0.2) is 32.8 Å². The first-order valence-corrected chi connectivity index (χ1v) is 6.61. The minimum absolute atomic E-state index is 0.571. The minimum Gasteiger partial charge on any atom is -0.298 e. The maximum absolute atomic E-state index is 10.9. The molecule has 0 aliphatic rings. The van der Waals surface area contributed by atoms with Gasteiger partial charge in [0, 0.05) is 26.6 Å². The molecule has 0 radical (unpaired) electrons. The fraction of sp³-hybridized carbons (Fsp3) is 0.0909. The fourth-order valence-corrected chi connectivity index (χ4v) is 3.22. The molecule has 0 unspecified atom stereocenters. The molecule has 0 saturated carbocycles. The Kier molecular flexibility index (Phi) is 3.63. The number of hydrogen-bond acceptors (Lipinski definition) is 4. The van der Waals surface area contributed by atoms with Crippen LogP contribution in [0, 0.1) is 6.92 Å². The number of hydrogen-bond donors (Lipinski definition) is 0. The monoisotopic (exact) mass is 269 g/mol. The third kappa shape index (κ3) is 2.64. The van der Waals surface area contributed by atoms with Gasteiger partial charge in [-0.15, -0.1) is 11.3 Å². The first-order chi connectivity index (χ1) is 7.69. The van der Waals surface area contributed by atoms with Gasteiger partial charge in [-0.05, 0) is 25.1 Å². The van der Waals surface area contributed by atoms with Crippen LogP contribution in [0.1, 0.15) is 16.1 Å². The lowest BCUT2D eigenvalue weighted by atomic mass is 10.2. The van der Waals surface area contributed by atoms with Gasteiger partial charge >= 0.3 is 0 Å². The predicted octanol–water partition coefficient (Wildman–Crippen LogP) is 4.07. The molecule has 2 rings (SSSR count). The molecule has 0 N–H and O–H groups in total. The van der Waals surface area contributed by atoms with E-state index in [-0.39, 0.29) is 0 Å². The topological polar surface area (TPSA) is 30.0 Å². The summed E-state index contributed by atoms with van der Waals surface area (Å²) >= 11 is 8.88. The SMILES string of the molecule is Cc1csc(Sc2ccc(Cl)cc2C=O)n1. The molecule has 5 heteroatoms. The first kappa shape index (κ1) is 11.6. The van der Waals surface area contributed by atoms with Gasteiger partial charge in [0.1, 0.15) is 0 Å². The molecule has 0 aliphatic carbocycles. The number of nitrogens with zero attached hydrogens (tertiary/aromatic N) is 1. The quantitative estimate of drug-likeness (QED) is 0.787. The molecule has 2 nitrogen and oxygen atoms in total. The van der Waals surface area contributed by atoms with Gasteiger partial charge in [-0.3, -0.25) is 4.79 Å². The number of benzene rings is 1. The summed E-state index contributed by atoms with van der Waals surface area (Å²) in [7, 11) is 0. The molecule has 1 aromatic carbocycles. The highest BCUT2D eigenvalue weighted by Crippen LogP contribution is 2.33. The molecule has 16 heavy (non-hydrogen) atoms. The van der Waals surface area contributed by atoms with Crippen molar-refractivity contribution in [2.45, 2.75) is 16.2 Å². The zero-order chi connectivity index (χ0) is 11.5. The number of aromatic nitrogens is 1. The molecule has 2 aromatic rings. The standard InChI is InChI=1S/C11H8ClNOS2/c1-7-6-15-11(13-7)16-10-3-2-9(12)4-8(10)5-14/h2-6H,1H3. The van der Waals surface area contributed by atoms with Gasteiger partial charge in [0.2, 0.25) is 0 Å². The first-order valence-electron chi connectivity index (χ1n) is 4.54. The van der Waals surface area contributed by atoms with E-state index in [2.05, 4.69) is 4.98 Å². The zero-order valence-corrected chi connectivity index (χ0v) is 10.8. The van der Waals surface area contributed by atoms with Crippen molar-refractivity contribution in [1.82, 2.24) is 4.98 Å². The Balaban J connectivity index is 2.30. The lowest BCUT2D eigenvalue weighted by Gasteiger charge is -2.01. The van der Waals surface area contributed by atoms with E-state index in [1.165, 1.54) is 11.8 Å². The molecule has 0 spiro atoms.